The van der Waals surface area contributed by atoms with Crippen molar-refractivity contribution in [2.75, 3.05) is 13.1 Å². The third-order valence-corrected chi connectivity index (χ3v) is 6.14. The SMILES string of the molecule is CC(C)C[C@H](NC(=O)c1ccccc1)C(=O)N1C[C@H]2C[C@H](C1)c1cccc(=O)n1C2. The van der Waals surface area contributed by atoms with Gasteiger partial charge in [-0.3, -0.25) is 14.4 Å². The fraction of sp³-hybridized carbons (Fsp3) is 0.458. The second-order valence-electron chi connectivity index (χ2n) is 8.96. The number of nitrogens with one attached hydrogen (secondary N) is 1. The molecule has 2 aliphatic rings. The number of amides is 2. The van der Waals surface area contributed by atoms with Crippen LogP contribution in [0.2, 0.25) is 0 Å². The predicted octanol–water partition coefficient (Wildman–Crippen LogP) is 2.64. The van der Waals surface area contributed by atoms with Crippen LogP contribution in [0, 0.1) is 11.8 Å². The van der Waals surface area contributed by atoms with Gasteiger partial charge in [-0.25, -0.2) is 0 Å². The number of pyridine rings is 1. The van der Waals surface area contributed by atoms with Gasteiger partial charge in [0, 0.05) is 42.9 Å². The van der Waals surface area contributed by atoms with Gasteiger partial charge in [-0.15, -0.1) is 0 Å². The van der Waals surface area contributed by atoms with Crippen LogP contribution in [0.5, 0.6) is 0 Å². The van der Waals surface area contributed by atoms with Gasteiger partial charge in [0.15, 0.2) is 0 Å². The number of piperidine rings is 1. The maximum Gasteiger partial charge on any atom is 0.251 e. The highest BCUT2D eigenvalue weighted by Gasteiger charge is 2.38. The second kappa shape index (κ2) is 8.46. The Bertz CT molecular complexity index is 983. The van der Waals surface area contributed by atoms with Crippen molar-refractivity contribution < 1.29 is 9.59 Å². The van der Waals surface area contributed by atoms with Gasteiger partial charge in [-0.05, 0) is 42.9 Å². The predicted molar refractivity (Wildman–Crippen MR) is 115 cm³/mol. The molecule has 2 amide bonds. The van der Waals surface area contributed by atoms with Gasteiger partial charge in [0.1, 0.15) is 6.04 Å². The average molecular weight is 408 g/mol. The van der Waals surface area contributed by atoms with Crippen LogP contribution in [0.4, 0.5) is 0 Å². The topological polar surface area (TPSA) is 71.4 Å². The number of carbonyl (C=O) groups excluding carboxylic acids is 2. The Kier molecular flexibility index (Phi) is 5.75. The highest BCUT2D eigenvalue weighted by atomic mass is 16.2. The van der Waals surface area contributed by atoms with Gasteiger partial charge in [-0.2, -0.15) is 0 Å². The molecule has 0 unspecified atom stereocenters. The molecule has 3 atom stereocenters. The molecular formula is C24H29N3O3. The minimum atomic E-state index is -0.547. The number of likely N-dealkylation sites (tertiary alicyclic amines) is 1. The molecular weight excluding hydrogens is 378 g/mol. The van der Waals surface area contributed by atoms with Crippen LogP contribution in [-0.4, -0.2) is 40.4 Å². The van der Waals surface area contributed by atoms with Crippen LogP contribution >= 0.6 is 0 Å². The van der Waals surface area contributed by atoms with Crippen molar-refractivity contribution in [3.63, 3.8) is 0 Å². The monoisotopic (exact) mass is 407 g/mol. The number of fused-ring (bicyclic) bond motifs is 4. The lowest BCUT2D eigenvalue weighted by Gasteiger charge is -2.43. The lowest BCUT2D eigenvalue weighted by molar-refractivity contribution is -0.136. The standard InChI is InChI=1S/C24H29N3O3/c1-16(2)11-20(25-23(29)18-7-4-3-5-8-18)24(30)26-13-17-12-19(15-26)21-9-6-10-22(28)27(21)14-17/h3-10,16-17,19-20H,11-15H2,1-2H3,(H,25,29)/t17-,19-,20+/m1/s1. The average Bonchev–Trinajstić information content (AvgIpc) is 2.73. The summed E-state index contributed by atoms with van der Waals surface area (Å²) in [6.07, 6.45) is 1.59. The Hall–Kier alpha value is -2.89. The van der Waals surface area contributed by atoms with Gasteiger partial charge < -0.3 is 14.8 Å². The van der Waals surface area contributed by atoms with Crippen LogP contribution in [0.3, 0.4) is 0 Å². The molecule has 1 saturated heterocycles. The van der Waals surface area contributed by atoms with Crippen LogP contribution < -0.4 is 10.9 Å². The van der Waals surface area contributed by atoms with Crippen molar-refractivity contribution in [2.45, 2.75) is 45.2 Å². The van der Waals surface area contributed by atoms with E-state index in [4.69, 9.17) is 0 Å². The first-order chi connectivity index (χ1) is 14.4. The number of rotatable bonds is 5. The van der Waals surface area contributed by atoms with E-state index < -0.39 is 6.04 Å². The summed E-state index contributed by atoms with van der Waals surface area (Å²) in [5.41, 5.74) is 1.61. The van der Waals surface area contributed by atoms with Crippen molar-refractivity contribution in [1.29, 1.82) is 0 Å². The van der Waals surface area contributed by atoms with E-state index in [1.165, 1.54) is 0 Å². The fourth-order valence-corrected chi connectivity index (χ4v) is 4.82. The number of hydrogen-bond donors (Lipinski definition) is 1. The maximum absolute atomic E-state index is 13.5. The van der Waals surface area contributed by atoms with Crippen molar-refractivity contribution >= 4 is 11.8 Å². The van der Waals surface area contributed by atoms with E-state index >= 15 is 0 Å². The minimum absolute atomic E-state index is 0.0191. The molecule has 2 aromatic rings. The number of nitrogens with zero attached hydrogens (tertiary/aromatic N) is 2. The molecule has 3 heterocycles. The number of benzene rings is 1. The van der Waals surface area contributed by atoms with E-state index in [0.717, 1.165) is 12.1 Å². The third-order valence-electron chi connectivity index (χ3n) is 6.14. The van der Waals surface area contributed by atoms with Crippen LogP contribution in [0.15, 0.2) is 53.3 Å². The molecule has 2 aliphatic heterocycles. The number of aromatic nitrogens is 1. The molecule has 2 bridgehead atoms. The normalized spacial score (nSPS) is 21.1. The molecule has 30 heavy (non-hydrogen) atoms. The summed E-state index contributed by atoms with van der Waals surface area (Å²) < 4.78 is 1.86. The molecule has 158 valence electrons. The van der Waals surface area contributed by atoms with E-state index in [2.05, 4.69) is 19.2 Å². The molecule has 1 aromatic heterocycles. The summed E-state index contributed by atoms with van der Waals surface area (Å²) in [5, 5.41) is 2.97. The van der Waals surface area contributed by atoms with Crippen LogP contribution in [-0.2, 0) is 11.3 Å². The van der Waals surface area contributed by atoms with E-state index in [1.807, 2.05) is 33.7 Å². The highest BCUT2D eigenvalue weighted by Crippen LogP contribution is 2.35. The Labute approximate surface area is 176 Å². The molecule has 1 aromatic carbocycles. The molecule has 0 saturated carbocycles. The summed E-state index contributed by atoms with van der Waals surface area (Å²) in [4.78, 5) is 40.3. The third kappa shape index (κ3) is 4.18. The van der Waals surface area contributed by atoms with E-state index in [-0.39, 0.29) is 35.1 Å². The van der Waals surface area contributed by atoms with Gasteiger partial charge >= 0.3 is 0 Å². The smallest absolute Gasteiger partial charge is 0.251 e. The summed E-state index contributed by atoms with van der Waals surface area (Å²) in [7, 11) is 0. The van der Waals surface area contributed by atoms with Gasteiger partial charge in [0.2, 0.25) is 5.91 Å². The Morgan fingerprint density at radius 2 is 1.80 bits per heavy atom. The van der Waals surface area contributed by atoms with Crippen molar-refractivity contribution in [3.05, 3.63) is 70.1 Å². The van der Waals surface area contributed by atoms with E-state index in [1.54, 1.807) is 24.3 Å². The lowest BCUT2D eigenvalue weighted by Crippen LogP contribution is -2.55. The molecule has 0 aliphatic carbocycles. The molecule has 4 rings (SSSR count). The van der Waals surface area contributed by atoms with Crippen molar-refractivity contribution in [1.82, 2.24) is 14.8 Å². The van der Waals surface area contributed by atoms with E-state index in [9.17, 15) is 14.4 Å². The molecule has 0 spiro atoms. The quantitative estimate of drug-likeness (QED) is 0.828. The molecule has 1 fully saturated rings. The first kappa shape index (κ1) is 20.4. The highest BCUT2D eigenvalue weighted by molar-refractivity contribution is 5.97. The van der Waals surface area contributed by atoms with Crippen LogP contribution in [0.25, 0.3) is 0 Å². The largest absolute Gasteiger partial charge is 0.340 e. The Morgan fingerprint density at radius 3 is 2.53 bits per heavy atom. The fourth-order valence-electron chi connectivity index (χ4n) is 4.82. The summed E-state index contributed by atoms with van der Waals surface area (Å²) in [5.74, 6) is 0.474. The first-order valence-corrected chi connectivity index (χ1v) is 10.8. The first-order valence-electron chi connectivity index (χ1n) is 10.8. The molecule has 6 heteroatoms. The summed E-state index contributed by atoms with van der Waals surface area (Å²) >= 11 is 0. The second-order valence-corrected chi connectivity index (χ2v) is 8.96. The van der Waals surface area contributed by atoms with Crippen molar-refractivity contribution in [3.8, 4) is 0 Å². The summed E-state index contributed by atoms with van der Waals surface area (Å²) in [6, 6.07) is 13.9. The maximum atomic E-state index is 13.5. The molecule has 0 radical (unpaired) electrons. The van der Waals surface area contributed by atoms with Crippen LogP contribution in [0.1, 0.15) is 48.7 Å². The van der Waals surface area contributed by atoms with Gasteiger partial charge in [0.25, 0.3) is 11.5 Å². The number of carbonyl (C=O) groups is 2. The zero-order valence-corrected chi connectivity index (χ0v) is 17.6. The molecule has 6 nitrogen and oxygen atoms in total. The van der Waals surface area contributed by atoms with Gasteiger partial charge in [-0.1, -0.05) is 38.1 Å². The summed E-state index contributed by atoms with van der Waals surface area (Å²) in [6.45, 7) is 5.99. The van der Waals surface area contributed by atoms with E-state index in [0.29, 0.717) is 31.6 Å². The Morgan fingerprint density at radius 1 is 1.03 bits per heavy atom. The zero-order valence-electron chi connectivity index (χ0n) is 17.6. The lowest BCUT2D eigenvalue weighted by atomic mass is 9.82. The number of hydrogen-bond acceptors (Lipinski definition) is 3. The van der Waals surface area contributed by atoms with Gasteiger partial charge in [0.05, 0.1) is 0 Å². The minimum Gasteiger partial charge on any atom is -0.340 e. The molecule has 1 N–H and O–H groups in total. The zero-order chi connectivity index (χ0) is 21.3. The van der Waals surface area contributed by atoms with Crippen molar-refractivity contribution in [2.24, 2.45) is 11.8 Å². The Balaban J connectivity index is 1.52.